The lowest BCUT2D eigenvalue weighted by molar-refractivity contribution is -0.0861. The molecule has 124 valence electrons. The molecule has 0 radical (unpaired) electrons. The van der Waals surface area contributed by atoms with Crippen LogP contribution >= 0.6 is 0 Å². The summed E-state index contributed by atoms with van der Waals surface area (Å²) in [5, 5.41) is 0. The van der Waals surface area contributed by atoms with Gasteiger partial charge in [0.05, 0.1) is 0 Å². The first-order valence-electron chi connectivity index (χ1n) is 10.3. The van der Waals surface area contributed by atoms with Crippen molar-refractivity contribution >= 4 is 0 Å². The van der Waals surface area contributed by atoms with Gasteiger partial charge >= 0.3 is 0 Å². The quantitative estimate of drug-likeness (QED) is 0.487. The summed E-state index contributed by atoms with van der Waals surface area (Å²) in [7, 11) is 0. The minimum Gasteiger partial charge on any atom is -0.0879 e. The largest absolute Gasteiger partial charge is 0.0879 e. The van der Waals surface area contributed by atoms with Crippen LogP contribution in [0.15, 0.2) is 12.2 Å². The van der Waals surface area contributed by atoms with Crippen LogP contribution in [-0.2, 0) is 0 Å². The summed E-state index contributed by atoms with van der Waals surface area (Å²) in [5.41, 5.74) is 0.624. The van der Waals surface area contributed by atoms with Crippen molar-refractivity contribution in [2.75, 3.05) is 0 Å². The molecule has 0 amide bonds. The lowest BCUT2D eigenvalue weighted by Crippen LogP contribution is -2.51. The van der Waals surface area contributed by atoms with Gasteiger partial charge in [-0.3, -0.25) is 0 Å². The highest BCUT2D eigenvalue weighted by atomic mass is 14.6. The number of rotatable bonds is 1. The Labute approximate surface area is 138 Å². The van der Waals surface area contributed by atoms with Crippen LogP contribution in [0.4, 0.5) is 0 Å². The topological polar surface area (TPSA) is 0 Å². The summed E-state index contributed by atoms with van der Waals surface area (Å²) in [6.45, 7) is 7.56. The third kappa shape index (κ3) is 2.23. The maximum Gasteiger partial charge on any atom is -0.0179 e. The first kappa shape index (κ1) is 15.3. The number of fused-ring (bicyclic) bond motifs is 5. The molecule has 22 heavy (non-hydrogen) atoms. The molecule has 0 bridgehead atoms. The Morgan fingerprint density at radius 2 is 1.82 bits per heavy atom. The maximum absolute atomic E-state index is 2.65. The highest BCUT2D eigenvalue weighted by molar-refractivity contribution is 5.11. The van der Waals surface area contributed by atoms with E-state index in [2.05, 4.69) is 32.9 Å². The van der Waals surface area contributed by atoms with Crippen LogP contribution < -0.4 is 0 Å². The maximum atomic E-state index is 2.65. The smallest absolute Gasteiger partial charge is 0.0179 e. The van der Waals surface area contributed by atoms with E-state index in [9.17, 15) is 0 Å². The van der Waals surface area contributed by atoms with Crippen molar-refractivity contribution in [2.45, 2.75) is 78.6 Å². The minimum absolute atomic E-state index is 0.624. The van der Waals surface area contributed by atoms with Crippen molar-refractivity contribution in [3.63, 3.8) is 0 Å². The van der Waals surface area contributed by atoms with Crippen LogP contribution in [-0.4, -0.2) is 0 Å². The van der Waals surface area contributed by atoms with Crippen molar-refractivity contribution < 1.29 is 0 Å². The van der Waals surface area contributed by atoms with Gasteiger partial charge in [0.25, 0.3) is 0 Å². The zero-order valence-corrected chi connectivity index (χ0v) is 15.1. The normalized spacial score (nSPS) is 54.2. The summed E-state index contributed by atoms with van der Waals surface area (Å²) >= 11 is 0. The molecule has 0 heterocycles. The van der Waals surface area contributed by atoms with Crippen molar-refractivity contribution in [3.05, 3.63) is 12.2 Å². The Morgan fingerprint density at radius 3 is 2.64 bits per heavy atom. The molecular formula is C22H36. The van der Waals surface area contributed by atoms with E-state index in [1.807, 2.05) is 0 Å². The van der Waals surface area contributed by atoms with Crippen LogP contribution in [0.3, 0.4) is 0 Å². The van der Waals surface area contributed by atoms with Gasteiger partial charge in [-0.15, -0.1) is 0 Å². The predicted octanol–water partition coefficient (Wildman–Crippen LogP) is 6.47. The Balaban J connectivity index is 1.58. The third-order valence-corrected chi connectivity index (χ3v) is 8.70. The van der Waals surface area contributed by atoms with Gasteiger partial charge in [0.15, 0.2) is 0 Å². The van der Waals surface area contributed by atoms with E-state index in [1.165, 1.54) is 25.7 Å². The molecule has 0 heteroatoms. The molecule has 4 aliphatic carbocycles. The Bertz CT molecular complexity index is 435. The second-order valence-corrected chi connectivity index (χ2v) is 9.58. The van der Waals surface area contributed by atoms with Gasteiger partial charge in [-0.25, -0.2) is 0 Å². The number of allylic oxidation sites excluding steroid dienone is 2. The first-order valence-corrected chi connectivity index (χ1v) is 10.3. The number of hydrogen-bond acceptors (Lipinski definition) is 0. The van der Waals surface area contributed by atoms with E-state index < -0.39 is 0 Å². The highest BCUT2D eigenvalue weighted by Crippen LogP contribution is 2.62. The SMILES string of the molecule is CC[C@H]1C=CCC2C3CC[C@H]4CC(C)CCC4C3CC[C@@]21C. The molecule has 3 fully saturated rings. The van der Waals surface area contributed by atoms with E-state index >= 15 is 0 Å². The standard InChI is InChI=1S/C22H36/c1-4-17-6-5-7-21-20-11-9-16-14-15(2)8-10-18(16)19(20)12-13-22(17,21)3/h5-6,15-21H,4,7-14H2,1-3H3/t15?,16-,17-,18?,19?,20?,21?,22+/m0/s1. The zero-order valence-electron chi connectivity index (χ0n) is 15.1. The highest BCUT2D eigenvalue weighted by Gasteiger charge is 2.53. The summed E-state index contributed by atoms with van der Waals surface area (Å²) < 4.78 is 0. The molecule has 0 aromatic carbocycles. The summed E-state index contributed by atoms with van der Waals surface area (Å²) in [6.07, 6.45) is 18.7. The molecule has 0 spiro atoms. The molecular weight excluding hydrogens is 264 g/mol. The Hall–Kier alpha value is -0.260. The van der Waals surface area contributed by atoms with E-state index in [1.54, 1.807) is 32.1 Å². The lowest BCUT2D eigenvalue weighted by Gasteiger charge is -2.59. The summed E-state index contributed by atoms with van der Waals surface area (Å²) in [5.74, 6) is 7.22. The monoisotopic (exact) mass is 300 g/mol. The van der Waals surface area contributed by atoms with Gasteiger partial charge in [0.1, 0.15) is 0 Å². The third-order valence-electron chi connectivity index (χ3n) is 8.70. The van der Waals surface area contributed by atoms with Crippen LogP contribution in [0, 0.1) is 46.8 Å². The van der Waals surface area contributed by atoms with Crippen molar-refractivity contribution in [2.24, 2.45) is 46.8 Å². The molecule has 0 N–H and O–H groups in total. The second-order valence-electron chi connectivity index (χ2n) is 9.58. The molecule has 0 aromatic heterocycles. The van der Waals surface area contributed by atoms with Crippen LogP contribution in [0.1, 0.15) is 78.6 Å². The minimum atomic E-state index is 0.624. The summed E-state index contributed by atoms with van der Waals surface area (Å²) in [6, 6.07) is 0. The van der Waals surface area contributed by atoms with E-state index in [0.717, 1.165) is 41.4 Å². The second kappa shape index (κ2) is 5.67. The van der Waals surface area contributed by atoms with Gasteiger partial charge in [0, 0.05) is 0 Å². The average molecular weight is 301 g/mol. The zero-order chi connectivity index (χ0) is 15.3. The van der Waals surface area contributed by atoms with E-state index in [0.29, 0.717) is 5.41 Å². The molecule has 4 aliphatic rings. The number of hydrogen-bond donors (Lipinski definition) is 0. The van der Waals surface area contributed by atoms with Gasteiger partial charge in [-0.05, 0) is 98.2 Å². The van der Waals surface area contributed by atoms with Crippen molar-refractivity contribution in [3.8, 4) is 0 Å². The molecule has 3 saturated carbocycles. The fourth-order valence-electron chi connectivity index (χ4n) is 7.55. The van der Waals surface area contributed by atoms with E-state index in [4.69, 9.17) is 0 Å². The Kier molecular flexibility index (Phi) is 3.94. The fraction of sp³-hybridized carbons (Fsp3) is 0.909. The Morgan fingerprint density at radius 1 is 1.00 bits per heavy atom. The predicted molar refractivity (Wildman–Crippen MR) is 94.6 cm³/mol. The average Bonchev–Trinajstić information content (AvgIpc) is 2.53. The van der Waals surface area contributed by atoms with Gasteiger partial charge < -0.3 is 0 Å². The van der Waals surface area contributed by atoms with E-state index in [-0.39, 0.29) is 0 Å². The summed E-state index contributed by atoms with van der Waals surface area (Å²) in [4.78, 5) is 0. The molecule has 0 aliphatic heterocycles. The molecule has 0 aromatic rings. The molecule has 8 atom stereocenters. The van der Waals surface area contributed by atoms with Gasteiger partial charge in [0.2, 0.25) is 0 Å². The first-order chi connectivity index (χ1) is 10.6. The molecule has 5 unspecified atom stereocenters. The van der Waals surface area contributed by atoms with Crippen LogP contribution in [0.5, 0.6) is 0 Å². The van der Waals surface area contributed by atoms with Crippen molar-refractivity contribution in [1.82, 2.24) is 0 Å². The molecule has 0 saturated heterocycles. The fourth-order valence-corrected chi connectivity index (χ4v) is 7.55. The molecule has 0 nitrogen and oxygen atoms in total. The van der Waals surface area contributed by atoms with Gasteiger partial charge in [-0.1, -0.05) is 39.3 Å². The van der Waals surface area contributed by atoms with Crippen molar-refractivity contribution in [1.29, 1.82) is 0 Å². The lowest BCUT2D eigenvalue weighted by atomic mass is 9.46. The van der Waals surface area contributed by atoms with Gasteiger partial charge in [-0.2, -0.15) is 0 Å². The van der Waals surface area contributed by atoms with Crippen LogP contribution in [0.2, 0.25) is 0 Å². The van der Waals surface area contributed by atoms with Crippen LogP contribution in [0.25, 0.3) is 0 Å². The molecule has 4 rings (SSSR count).